The van der Waals surface area contributed by atoms with Crippen molar-refractivity contribution in [3.8, 4) is 0 Å². The van der Waals surface area contributed by atoms with Crippen LogP contribution in [0.5, 0.6) is 0 Å². The van der Waals surface area contributed by atoms with Gasteiger partial charge in [-0.1, -0.05) is 0 Å². The van der Waals surface area contributed by atoms with E-state index in [-0.39, 0.29) is 4.47 Å². The Labute approximate surface area is 118 Å². The van der Waals surface area contributed by atoms with Crippen molar-refractivity contribution in [1.29, 1.82) is 0 Å². The third kappa shape index (κ3) is 4.51. The van der Waals surface area contributed by atoms with Crippen molar-refractivity contribution < 1.29 is 19.1 Å². The molecule has 0 saturated heterocycles. The van der Waals surface area contributed by atoms with Gasteiger partial charge in [-0.3, -0.25) is 4.79 Å². The lowest BCUT2D eigenvalue weighted by atomic mass is 10.0. The van der Waals surface area contributed by atoms with Gasteiger partial charge in [0.15, 0.2) is 0 Å². The third-order valence-corrected chi connectivity index (χ3v) is 3.28. The second kappa shape index (κ2) is 6.51. The number of rotatable bonds is 4. The van der Waals surface area contributed by atoms with Gasteiger partial charge < -0.3 is 15.7 Å². The van der Waals surface area contributed by atoms with Gasteiger partial charge in [0.2, 0.25) is 0 Å². The molecule has 2 atom stereocenters. The van der Waals surface area contributed by atoms with Gasteiger partial charge in [-0.25, -0.2) is 9.18 Å². The van der Waals surface area contributed by atoms with E-state index in [4.69, 9.17) is 5.11 Å². The minimum atomic E-state index is -0.989. The van der Waals surface area contributed by atoms with Crippen molar-refractivity contribution >= 4 is 33.6 Å². The van der Waals surface area contributed by atoms with Gasteiger partial charge in [0.1, 0.15) is 5.82 Å². The van der Waals surface area contributed by atoms with Crippen molar-refractivity contribution in [2.75, 3.05) is 5.32 Å². The summed E-state index contributed by atoms with van der Waals surface area (Å²) in [6.45, 7) is 3.10. The molecule has 0 aliphatic rings. The molecule has 0 radical (unpaired) electrons. The van der Waals surface area contributed by atoms with Crippen LogP contribution in [0.3, 0.4) is 0 Å². The number of halogens is 2. The van der Waals surface area contributed by atoms with E-state index in [0.717, 1.165) is 0 Å². The normalized spacial score (nSPS) is 13.5. The van der Waals surface area contributed by atoms with E-state index in [1.807, 2.05) is 0 Å². The van der Waals surface area contributed by atoms with Crippen molar-refractivity contribution in [1.82, 2.24) is 5.32 Å². The number of anilines is 1. The monoisotopic (exact) mass is 332 g/mol. The number of carbonyl (C=O) groups is 2. The molecule has 2 amide bonds. The highest BCUT2D eigenvalue weighted by Gasteiger charge is 2.20. The molecule has 0 bridgehead atoms. The minimum Gasteiger partial charge on any atom is -0.481 e. The van der Waals surface area contributed by atoms with Crippen LogP contribution in [0.15, 0.2) is 22.7 Å². The molecule has 104 valence electrons. The average Bonchev–Trinajstić information content (AvgIpc) is 2.32. The van der Waals surface area contributed by atoms with Gasteiger partial charge in [0, 0.05) is 11.7 Å². The Morgan fingerprint density at radius 1 is 1.37 bits per heavy atom. The number of hydrogen-bond acceptors (Lipinski definition) is 2. The van der Waals surface area contributed by atoms with Crippen LogP contribution in [0.25, 0.3) is 0 Å². The zero-order valence-corrected chi connectivity index (χ0v) is 12.0. The molecule has 5 nitrogen and oxygen atoms in total. The first-order valence-electron chi connectivity index (χ1n) is 5.56. The van der Waals surface area contributed by atoms with Crippen molar-refractivity contribution in [2.24, 2.45) is 5.92 Å². The highest BCUT2D eigenvalue weighted by atomic mass is 79.9. The lowest BCUT2D eigenvalue weighted by Crippen LogP contribution is -2.42. The summed E-state index contributed by atoms with van der Waals surface area (Å²) >= 11 is 3.00. The fraction of sp³-hybridized carbons (Fsp3) is 0.333. The van der Waals surface area contributed by atoms with Gasteiger partial charge in [0.25, 0.3) is 0 Å². The molecule has 0 spiro atoms. The summed E-state index contributed by atoms with van der Waals surface area (Å²) in [5, 5.41) is 13.8. The van der Waals surface area contributed by atoms with E-state index in [9.17, 15) is 14.0 Å². The molecule has 1 aromatic rings. The molecule has 3 N–H and O–H groups in total. The highest BCUT2D eigenvalue weighted by Crippen LogP contribution is 2.19. The van der Waals surface area contributed by atoms with Crippen molar-refractivity contribution in [2.45, 2.75) is 19.9 Å². The maximum atomic E-state index is 13.0. The molecule has 0 fully saturated rings. The lowest BCUT2D eigenvalue weighted by molar-refractivity contribution is -0.141. The quantitative estimate of drug-likeness (QED) is 0.793. The number of benzene rings is 1. The lowest BCUT2D eigenvalue weighted by Gasteiger charge is -2.18. The van der Waals surface area contributed by atoms with Gasteiger partial charge in [-0.15, -0.1) is 0 Å². The zero-order valence-electron chi connectivity index (χ0n) is 10.4. The van der Waals surface area contributed by atoms with E-state index < -0.39 is 29.8 Å². The Balaban J connectivity index is 2.60. The summed E-state index contributed by atoms with van der Waals surface area (Å²) in [6, 6.07) is 2.97. The van der Waals surface area contributed by atoms with E-state index >= 15 is 0 Å². The molecule has 0 heterocycles. The number of aliphatic carboxylic acids is 1. The molecule has 2 unspecified atom stereocenters. The van der Waals surface area contributed by atoms with E-state index in [1.165, 1.54) is 25.1 Å². The van der Waals surface area contributed by atoms with E-state index in [0.29, 0.717) is 5.69 Å². The minimum absolute atomic E-state index is 0.234. The molecule has 0 aliphatic carbocycles. The molecule has 1 rings (SSSR count). The number of urea groups is 1. The SMILES string of the molecule is CC(NC(=O)Nc1ccc(F)c(Br)c1)C(C)C(=O)O. The first-order valence-corrected chi connectivity index (χ1v) is 6.36. The number of amides is 2. The highest BCUT2D eigenvalue weighted by molar-refractivity contribution is 9.10. The van der Waals surface area contributed by atoms with Crippen LogP contribution in [0, 0.1) is 11.7 Å². The third-order valence-electron chi connectivity index (χ3n) is 2.68. The predicted octanol–water partition coefficient (Wildman–Crippen LogP) is 2.82. The maximum Gasteiger partial charge on any atom is 0.319 e. The summed E-state index contributed by atoms with van der Waals surface area (Å²) in [5.74, 6) is -2.12. The first-order chi connectivity index (χ1) is 8.81. The summed E-state index contributed by atoms with van der Waals surface area (Å²) in [6.07, 6.45) is 0. The van der Waals surface area contributed by atoms with Crippen LogP contribution < -0.4 is 10.6 Å². The van der Waals surface area contributed by atoms with Gasteiger partial charge in [-0.05, 0) is 48.0 Å². The molecule has 0 aromatic heterocycles. The topological polar surface area (TPSA) is 78.4 Å². The Hall–Kier alpha value is -1.63. The summed E-state index contributed by atoms with van der Waals surface area (Å²) in [5.41, 5.74) is 0.404. The second-order valence-electron chi connectivity index (χ2n) is 4.14. The average molecular weight is 333 g/mol. The molecule has 19 heavy (non-hydrogen) atoms. The van der Waals surface area contributed by atoms with Crippen LogP contribution in [0.1, 0.15) is 13.8 Å². The van der Waals surface area contributed by atoms with Gasteiger partial charge >= 0.3 is 12.0 Å². The second-order valence-corrected chi connectivity index (χ2v) is 5.00. The fourth-order valence-electron chi connectivity index (χ4n) is 1.29. The molecule has 7 heteroatoms. The van der Waals surface area contributed by atoms with E-state index in [1.54, 1.807) is 6.92 Å². The summed E-state index contributed by atoms with van der Waals surface area (Å²) in [4.78, 5) is 22.4. The Bertz CT molecular complexity index is 496. The van der Waals surface area contributed by atoms with Crippen LogP contribution in [-0.4, -0.2) is 23.1 Å². The molecular weight excluding hydrogens is 319 g/mol. The number of hydrogen-bond donors (Lipinski definition) is 3. The smallest absolute Gasteiger partial charge is 0.319 e. The Morgan fingerprint density at radius 3 is 2.53 bits per heavy atom. The molecule has 1 aromatic carbocycles. The number of carboxylic acids is 1. The molecule has 0 saturated carbocycles. The zero-order chi connectivity index (χ0) is 14.6. The number of carboxylic acid groups (broad SMARTS) is 1. The summed E-state index contributed by atoms with van der Waals surface area (Å²) < 4.78 is 13.2. The van der Waals surface area contributed by atoms with E-state index in [2.05, 4.69) is 26.6 Å². The van der Waals surface area contributed by atoms with Gasteiger partial charge in [0.05, 0.1) is 10.4 Å². The Kier molecular flexibility index (Phi) is 5.29. The predicted molar refractivity (Wildman–Crippen MR) is 72.5 cm³/mol. The Morgan fingerprint density at radius 2 is 2.00 bits per heavy atom. The maximum absolute atomic E-state index is 13.0. The first kappa shape index (κ1) is 15.4. The fourth-order valence-corrected chi connectivity index (χ4v) is 1.67. The van der Waals surface area contributed by atoms with Crippen LogP contribution in [0.4, 0.5) is 14.9 Å². The standard InChI is InChI=1S/C12H14BrFN2O3/c1-6(11(17)18)7(2)15-12(19)16-8-3-4-10(14)9(13)5-8/h3-7H,1-2H3,(H,17,18)(H2,15,16,19). The van der Waals surface area contributed by atoms with Crippen LogP contribution >= 0.6 is 15.9 Å². The number of nitrogens with one attached hydrogen (secondary N) is 2. The van der Waals surface area contributed by atoms with Crippen molar-refractivity contribution in [3.63, 3.8) is 0 Å². The van der Waals surface area contributed by atoms with Crippen LogP contribution in [0.2, 0.25) is 0 Å². The number of carbonyl (C=O) groups excluding carboxylic acids is 1. The van der Waals surface area contributed by atoms with Gasteiger partial charge in [-0.2, -0.15) is 0 Å². The molecule has 0 aliphatic heterocycles. The van der Waals surface area contributed by atoms with Crippen LogP contribution in [-0.2, 0) is 4.79 Å². The van der Waals surface area contributed by atoms with Crippen molar-refractivity contribution in [3.05, 3.63) is 28.5 Å². The largest absolute Gasteiger partial charge is 0.481 e. The summed E-state index contributed by atoms with van der Waals surface area (Å²) in [7, 11) is 0. The molecular formula is C12H14BrFN2O3.